The van der Waals surface area contributed by atoms with E-state index in [9.17, 15) is 9.59 Å². The molecule has 2 N–H and O–H groups in total. The largest absolute Gasteiger partial charge is 0.480 e. The predicted octanol–water partition coefficient (Wildman–Crippen LogP) is 1.17. The zero-order valence-electron chi connectivity index (χ0n) is 12.0. The van der Waals surface area contributed by atoms with Crippen LogP contribution < -0.4 is 5.32 Å². The van der Waals surface area contributed by atoms with Crippen LogP contribution in [0.4, 0.5) is 4.79 Å². The van der Waals surface area contributed by atoms with Gasteiger partial charge in [-0.05, 0) is 37.0 Å². The summed E-state index contributed by atoms with van der Waals surface area (Å²) in [4.78, 5) is 23.9. The SMILES string of the molecule is CN(CC1CC2CCC1C2)C(=O)NCCOCC(=O)O. The fraction of sp³-hybridized carbons (Fsp3) is 0.857. The molecule has 2 aliphatic carbocycles. The van der Waals surface area contributed by atoms with Crippen LogP contribution in [-0.4, -0.2) is 55.4 Å². The van der Waals surface area contributed by atoms with Gasteiger partial charge in [-0.1, -0.05) is 6.42 Å². The highest BCUT2D eigenvalue weighted by molar-refractivity contribution is 5.73. The Bertz CT molecular complexity index is 361. The molecule has 2 amide bonds. The number of amides is 2. The van der Waals surface area contributed by atoms with Gasteiger partial charge in [-0.3, -0.25) is 0 Å². The zero-order chi connectivity index (χ0) is 14.5. The van der Waals surface area contributed by atoms with Gasteiger partial charge in [-0.2, -0.15) is 0 Å². The third-order valence-corrected chi connectivity index (χ3v) is 4.49. The first-order chi connectivity index (χ1) is 9.56. The maximum Gasteiger partial charge on any atom is 0.329 e. The summed E-state index contributed by atoms with van der Waals surface area (Å²) in [6.45, 7) is 1.06. The van der Waals surface area contributed by atoms with Gasteiger partial charge in [-0.15, -0.1) is 0 Å². The van der Waals surface area contributed by atoms with E-state index >= 15 is 0 Å². The van der Waals surface area contributed by atoms with Gasteiger partial charge in [0.1, 0.15) is 6.61 Å². The molecule has 2 rings (SSSR count). The average molecular weight is 284 g/mol. The maximum atomic E-state index is 11.9. The minimum absolute atomic E-state index is 0.105. The Labute approximate surface area is 119 Å². The van der Waals surface area contributed by atoms with E-state index in [-0.39, 0.29) is 19.2 Å². The number of fused-ring (bicyclic) bond motifs is 2. The lowest BCUT2D eigenvalue weighted by molar-refractivity contribution is -0.142. The van der Waals surface area contributed by atoms with Gasteiger partial charge in [-0.25, -0.2) is 9.59 Å². The molecule has 0 aliphatic heterocycles. The van der Waals surface area contributed by atoms with Crippen LogP contribution in [0.15, 0.2) is 0 Å². The molecule has 0 heterocycles. The van der Waals surface area contributed by atoms with Crippen molar-refractivity contribution in [3.05, 3.63) is 0 Å². The van der Waals surface area contributed by atoms with E-state index in [1.54, 1.807) is 4.90 Å². The molecule has 0 saturated heterocycles. The van der Waals surface area contributed by atoms with Crippen molar-refractivity contribution in [2.24, 2.45) is 17.8 Å². The maximum absolute atomic E-state index is 11.9. The van der Waals surface area contributed by atoms with Crippen molar-refractivity contribution in [2.75, 3.05) is 33.4 Å². The van der Waals surface area contributed by atoms with Gasteiger partial charge in [0, 0.05) is 20.1 Å². The van der Waals surface area contributed by atoms with Gasteiger partial charge in [0.2, 0.25) is 0 Å². The van der Waals surface area contributed by atoms with Gasteiger partial charge in [0.25, 0.3) is 0 Å². The summed E-state index contributed by atoms with van der Waals surface area (Å²) in [5, 5.41) is 11.1. The van der Waals surface area contributed by atoms with E-state index in [0.29, 0.717) is 12.5 Å². The topological polar surface area (TPSA) is 78.9 Å². The first-order valence-corrected chi connectivity index (χ1v) is 7.34. The quantitative estimate of drug-likeness (QED) is 0.688. The van der Waals surface area contributed by atoms with Gasteiger partial charge >= 0.3 is 12.0 Å². The predicted molar refractivity (Wildman–Crippen MR) is 73.4 cm³/mol. The fourth-order valence-corrected chi connectivity index (χ4v) is 3.56. The lowest BCUT2D eigenvalue weighted by Gasteiger charge is -2.27. The molecule has 2 saturated carbocycles. The highest BCUT2D eigenvalue weighted by Crippen LogP contribution is 2.48. The van der Waals surface area contributed by atoms with E-state index in [0.717, 1.165) is 18.4 Å². The number of aliphatic carboxylic acids is 1. The smallest absolute Gasteiger partial charge is 0.329 e. The van der Waals surface area contributed by atoms with Crippen molar-refractivity contribution < 1.29 is 19.4 Å². The number of carboxylic acids is 1. The highest BCUT2D eigenvalue weighted by Gasteiger charge is 2.39. The standard InChI is InChI=1S/C14H24N2O4/c1-16(8-12-7-10-2-3-11(12)6-10)14(19)15-4-5-20-9-13(17)18/h10-12H,2-9H2,1H3,(H,15,19)(H,17,18). The van der Waals surface area contributed by atoms with Crippen molar-refractivity contribution in [1.29, 1.82) is 0 Å². The molecule has 0 aromatic heterocycles. The van der Waals surface area contributed by atoms with Crippen LogP contribution in [0.5, 0.6) is 0 Å². The minimum Gasteiger partial charge on any atom is -0.480 e. The second-order valence-electron chi connectivity index (χ2n) is 5.99. The first-order valence-electron chi connectivity index (χ1n) is 7.34. The second-order valence-corrected chi connectivity index (χ2v) is 5.99. The summed E-state index contributed by atoms with van der Waals surface area (Å²) in [5.41, 5.74) is 0. The minimum atomic E-state index is -0.996. The van der Waals surface area contributed by atoms with Crippen LogP contribution in [0.2, 0.25) is 0 Å². The first kappa shape index (κ1) is 15.1. The lowest BCUT2D eigenvalue weighted by atomic mass is 9.88. The summed E-state index contributed by atoms with van der Waals surface area (Å²) in [6, 6.07) is -0.105. The monoisotopic (exact) mass is 284 g/mol. The molecule has 3 unspecified atom stereocenters. The van der Waals surface area contributed by atoms with Crippen molar-refractivity contribution in [1.82, 2.24) is 10.2 Å². The Hall–Kier alpha value is -1.30. The van der Waals surface area contributed by atoms with E-state index < -0.39 is 5.97 Å². The van der Waals surface area contributed by atoms with Crippen LogP contribution >= 0.6 is 0 Å². The molecule has 0 aromatic carbocycles. The van der Waals surface area contributed by atoms with Crippen molar-refractivity contribution in [2.45, 2.75) is 25.7 Å². The normalized spacial score (nSPS) is 27.6. The Balaban J connectivity index is 1.59. The molecular weight excluding hydrogens is 260 g/mol. The van der Waals surface area contributed by atoms with Crippen LogP contribution in [-0.2, 0) is 9.53 Å². The number of carbonyl (C=O) groups is 2. The Kier molecular flexibility index (Phi) is 5.23. The number of nitrogens with zero attached hydrogens (tertiary/aromatic N) is 1. The molecule has 2 aliphatic rings. The number of ether oxygens (including phenoxy) is 1. The van der Waals surface area contributed by atoms with Gasteiger partial charge < -0.3 is 20.1 Å². The molecule has 114 valence electrons. The van der Waals surface area contributed by atoms with Crippen LogP contribution in [0.1, 0.15) is 25.7 Å². The Morgan fingerprint density at radius 2 is 2.15 bits per heavy atom. The molecule has 2 fully saturated rings. The van der Waals surface area contributed by atoms with Crippen LogP contribution in [0.25, 0.3) is 0 Å². The van der Waals surface area contributed by atoms with E-state index in [4.69, 9.17) is 9.84 Å². The Morgan fingerprint density at radius 3 is 2.75 bits per heavy atom. The second kappa shape index (κ2) is 6.92. The number of rotatable bonds is 7. The third-order valence-electron chi connectivity index (χ3n) is 4.49. The summed E-state index contributed by atoms with van der Waals surface area (Å²) in [5.74, 6) is 1.37. The summed E-state index contributed by atoms with van der Waals surface area (Å²) < 4.78 is 4.87. The van der Waals surface area contributed by atoms with Crippen LogP contribution in [0.3, 0.4) is 0 Å². The van der Waals surface area contributed by atoms with Crippen molar-refractivity contribution >= 4 is 12.0 Å². The van der Waals surface area contributed by atoms with E-state index in [1.165, 1.54) is 25.7 Å². The molecular formula is C14H24N2O4. The molecule has 0 spiro atoms. The van der Waals surface area contributed by atoms with Crippen molar-refractivity contribution in [3.8, 4) is 0 Å². The molecule has 3 atom stereocenters. The van der Waals surface area contributed by atoms with Gasteiger partial charge in [0.05, 0.1) is 6.61 Å². The molecule has 20 heavy (non-hydrogen) atoms. The summed E-state index contributed by atoms with van der Waals surface area (Å²) >= 11 is 0. The van der Waals surface area contributed by atoms with E-state index in [2.05, 4.69) is 5.32 Å². The van der Waals surface area contributed by atoms with Crippen LogP contribution in [0, 0.1) is 17.8 Å². The molecule has 6 nitrogen and oxygen atoms in total. The summed E-state index contributed by atoms with van der Waals surface area (Å²) in [7, 11) is 1.82. The molecule has 0 aromatic rings. The number of hydrogen-bond acceptors (Lipinski definition) is 3. The molecule has 0 radical (unpaired) electrons. The van der Waals surface area contributed by atoms with Gasteiger partial charge in [0.15, 0.2) is 0 Å². The Morgan fingerprint density at radius 1 is 1.35 bits per heavy atom. The number of carboxylic acid groups (broad SMARTS) is 1. The molecule has 2 bridgehead atoms. The number of hydrogen-bond donors (Lipinski definition) is 2. The fourth-order valence-electron chi connectivity index (χ4n) is 3.56. The number of nitrogens with one attached hydrogen (secondary N) is 1. The van der Waals surface area contributed by atoms with Crippen molar-refractivity contribution in [3.63, 3.8) is 0 Å². The van der Waals surface area contributed by atoms with E-state index in [1.807, 2.05) is 7.05 Å². The lowest BCUT2D eigenvalue weighted by Crippen LogP contribution is -2.42. The number of carbonyl (C=O) groups excluding carboxylic acids is 1. The molecule has 6 heteroatoms. The third kappa shape index (κ3) is 4.10. The average Bonchev–Trinajstić information content (AvgIpc) is 2.99. The summed E-state index contributed by atoms with van der Waals surface area (Å²) in [6.07, 6.45) is 5.32. The number of urea groups is 1. The highest BCUT2D eigenvalue weighted by atomic mass is 16.5. The zero-order valence-corrected chi connectivity index (χ0v) is 12.0.